The first kappa shape index (κ1) is 20.0. The predicted molar refractivity (Wildman–Crippen MR) is 126 cm³/mol. The van der Waals surface area contributed by atoms with Crippen molar-refractivity contribution in [1.29, 1.82) is 0 Å². The summed E-state index contributed by atoms with van der Waals surface area (Å²) in [7, 11) is 1.61. The highest BCUT2D eigenvalue weighted by atomic mass is 32.2. The van der Waals surface area contributed by atoms with Gasteiger partial charge in [0.1, 0.15) is 27.2 Å². The summed E-state index contributed by atoms with van der Waals surface area (Å²) in [5.41, 5.74) is 3.00. The van der Waals surface area contributed by atoms with Gasteiger partial charge in [0, 0.05) is 22.0 Å². The first-order chi connectivity index (χ1) is 15.2. The van der Waals surface area contributed by atoms with Gasteiger partial charge in [-0.25, -0.2) is 9.97 Å². The fourth-order valence-electron chi connectivity index (χ4n) is 3.91. The second-order valence-corrected chi connectivity index (χ2v) is 9.52. The molecule has 4 aromatic rings. The van der Waals surface area contributed by atoms with Crippen molar-refractivity contribution in [1.82, 2.24) is 9.97 Å². The number of hydrogen-bond acceptors (Lipinski definition) is 6. The molecule has 0 fully saturated rings. The van der Waals surface area contributed by atoms with Gasteiger partial charge in [0.25, 0.3) is 0 Å². The minimum Gasteiger partial charge on any atom is -0.497 e. The summed E-state index contributed by atoms with van der Waals surface area (Å²) < 4.78 is 5.29. The second kappa shape index (κ2) is 8.69. The molecule has 5 rings (SSSR count). The SMILES string of the molecule is COc1cccc(NC(=O)[C@@H](Sc2ncnc3sc4c(c23)CCC4)c2ccccc2)c1. The maximum Gasteiger partial charge on any atom is 0.242 e. The van der Waals surface area contributed by atoms with Gasteiger partial charge in [-0.15, -0.1) is 11.3 Å². The van der Waals surface area contributed by atoms with Gasteiger partial charge >= 0.3 is 0 Å². The highest BCUT2D eigenvalue weighted by Gasteiger charge is 2.27. The van der Waals surface area contributed by atoms with E-state index in [1.165, 1.54) is 28.6 Å². The van der Waals surface area contributed by atoms with Crippen LogP contribution in [0.2, 0.25) is 0 Å². The third-order valence-corrected chi connectivity index (χ3v) is 7.83. The number of thiophene rings is 1. The lowest BCUT2D eigenvalue weighted by Crippen LogP contribution is -2.19. The first-order valence-electron chi connectivity index (χ1n) is 10.1. The lowest BCUT2D eigenvalue weighted by Gasteiger charge is -2.17. The van der Waals surface area contributed by atoms with Crippen LogP contribution in [0.15, 0.2) is 66.0 Å². The summed E-state index contributed by atoms with van der Waals surface area (Å²) in [5, 5.41) is 4.61. The summed E-state index contributed by atoms with van der Waals surface area (Å²) in [5.74, 6) is 0.608. The zero-order valence-corrected chi connectivity index (χ0v) is 18.6. The molecule has 0 bridgehead atoms. The van der Waals surface area contributed by atoms with Crippen LogP contribution in [0.25, 0.3) is 10.2 Å². The van der Waals surface area contributed by atoms with Crippen LogP contribution in [0.5, 0.6) is 5.75 Å². The third kappa shape index (κ3) is 4.03. The third-order valence-electron chi connectivity index (χ3n) is 5.37. The highest BCUT2D eigenvalue weighted by molar-refractivity contribution is 8.00. The minimum absolute atomic E-state index is 0.0944. The van der Waals surface area contributed by atoms with E-state index in [4.69, 9.17) is 4.74 Å². The van der Waals surface area contributed by atoms with Gasteiger partial charge in [-0.1, -0.05) is 48.2 Å². The number of rotatable bonds is 6. The summed E-state index contributed by atoms with van der Waals surface area (Å²) in [6.07, 6.45) is 4.95. The lowest BCUT2D eigenvalue weighted by atomic mass is 10.1. The van der Waals surface area contributed by atoms with E-state index in [0.717, 1.165) is 33.6 Å². The molecule has 1 aliphatic carbocycles. The van der Waals surface area contributed by atoms with E-state index in [-0.39, 0.29) is 5.91 Å². The molecule has 1 N–H and O–H groups in total. The van der Waals surface area contributed by atoms with E-state index in [9.17, 15) is 4.79 Å². The number of ether oxygens (including phenoxy) is 1. The number of carbonyl (C=O) groups is 1. The van der Waals surface area contributed by atoms with Crippen molar-refractivity contribution < 1.29 is 9.53 Å². The number of benzene rings is 2. The molecular weight excluding hydrogens is 426 g/mol. The van der Waals surface area contributed by atoms with Gasteiger partial charge in [0.05, 0.1) is 7.11 Å². The first-order valence-corrected chi connectivity index (χ1v) is 11.8. The Morgan fingerprint density at radius 3 is 2.84 bits per heavy atom. The molecule has 0 radical (unpaired) electrons. The molecule has 1 aliphatic rings. The van der Waals surface area contributed by atoms with Crippen molar-refractivity contribution in [3.63, 3.8) is 0 Å². The predicted octanol–water partition coefficient (Wildman–Crippen LogP) is 5.66. The molecule has 1 atom stereocenters. The molecule has 7 heteroatoms. The molecule has 0 unspecified atom stereocenters. The molecule has 31 heavy (non-hydrogen) atoms. The molecule has 5 nitrogen and oxygen atoms in total. The topological polar surface area (TPSA) is 64.1 Å². The number of aryl methyl sites for hydroxylation is 2. The van der Waals surface area contributed by atoms with Crippen molar-refractivity contribution in [2.75, 3.05) is 12.4 Å². The Morgan fingerprint density at radius 2 is 2.00 bits per heavy atom. The summed E-state index contributed by atoms with van der Waals surface area (Å²) in [6.45, 7) is 0. The van der Waals surface area contributed by atoms with Crippen LogP contribution in [-0.2, 0) is 17.6 Å². The number of amides is 1. The van der Waals surface area contributed by atoms with Gasteiger partial charge in [0.15, 0.2) is 0 Å². The summed E-state index contributed by atoms with van der Waals surface area (Å²) in [6, 6.07) is 17.2. The van der Waals surface area contributed by atoms with Crippen molar-refractivity contribution in [2.24, 2.45) is 0 Å². The summed E-state index contributed by atoms with van der Waals surface area (Å²) in [4.78, 5) is 24.9. The largest absolute Gasteiger partial charge is 0.497 e. The molecule has 2 aromatic heterocycles. The van der Waals surface area contributed by atoms with Gasteiger partial charge in [-0.3, -0.25) is 4.79 Å². The Kier molecular flexibility index (Phi) is 5.61. The monoisotopic (exact) mass is 447 g/mol. The average Bonchev–Trinajstić information content (AvgIpc) is 3.39. The quantitative estimate of drug-likeness (QED) is 0.305. The molecule has 156 valence electrons. The van der Waals surface area contributed by atoms with Crippen LogP contribution >= 0.6 is 23.1 Å². The smallest absolute Gasteiger partial charge is 0.242 e. The van der Waals surface area contributed by atoms with Gasteiger partial charge in [-0.05, 0) is 42.5 Å². The van der Waals surface area contributed by atoms with Crippen LogP contribution in [0.3, 0.4) is 0 Å². The van der Waals surface area contributed by atoms with E-state index >= 15 is 0 Å². The number of carbonyl (C=O) groups excluding carboxylic acids is 1. The molecule has 1 amide bonds. The van der Waals surface area contributed by atoms with Crippen molar-refractivity contribution in [3.05, 3.63) is 76.9 Å². The van der Waals surface area contributed by atoms with Gasteiger partial charge in [-0.2, -0.15) is 0 Å². The Labute approximate surface area is 188 Å². The number of nitrogens with zero attached hydrogens (tertiary/aromatic N) is 2. The Bertz CT molecular complexity index is 1240. The second-order valence-electron chi connectivity index (χ2n) is 7.35. The fraction of sp³-hybridized carbons (Fsp3) is 0.208. The van der Waals surface area contributed by atoms with Crippen LogP contribution < -0.4 is 10.1 Å². The van der Waals surface area contributed by atoms with Crippen molar-refractivity contribution >= 4 is 44.9 Å². The zero-order chi connectivity index (χ0) is 21.2. The Morgan fingerprint density at radius 1 is 1.13 bits per heavy atom. The molecule has 0 aliphatic heterocycles. The number of anilines is 1. The van der Waals surface area contributed by atoms with Crippen molar-refractivity contribution in [3.8, 4) is 5.75 Å². The van der Waals surface area contributed by atoms with E-state index in [1.807, 2.05) is 54.6 Å². The van der Waals surface area contributed by atoms with Crippen LogP contribution in [0.1, 0.15) is 27.7 Å². The normalized spacial score (nSPS) is 13.7. The van der Waals surface area contributed by atoms with E-state index in [2.05, 4.69) is 15.3 Å². The standard InChI is InChI=1S/C24H21N3O2S2/c1-29-17-10-5-9-16(13-17)27-22(28)21(15-7-3-2-4-8-15)31-24-20-18-11-6-12-19(18)30-23(20)25-14-26-24/h2-5,7-10,13-14,21H,6,11-12H2,1H3,(H,27,28)/t21-/m0/s1. The Balaban J connectivity index is 1.50. The lowest BCUT2D eigenvalue weighted by molar-refractivity contribution is -0.115. The highest BCUT2D eigenvalue weighted by Crippen LogP contribution is 2.44. The zero-order valence-electron chi connectivity index (χ0n) is 17.0. The Hall–Kier alpha value is -2.90. The van der Waals surface area contributed by atoms with E-state index < -0.39 is 5.25 Å². The van der Waals surface area contributed by atoms with E-state index in [1.54, 1.807) is 24.8 Å². The molecule has 2 heterocycles. The molecule has 0 spiro atoms. The number of fused-ring (bicyclic) bond motifs is 3. The number of methoxy groups -OCH3 is 1. The van der Waals surface area contributed by atoms with Crippen LogP contribution in [0, 0.1) is 0 Å². The maximum absolute atomic E-state index is 13.4. The number of nitrogens with one attached hydrogen (secondary N) is 1. The van der Waals surface area contributed by atoms with Gasteiger partial charge < -0.3 is 10.1 Å². The number of thioether (sulfide) groups is 1. The maximum atomic E-state index is 13.4. The van der Waals surface area contributed by atoms with Crippen molar-refractivity contribution in [2.45, 2.75) is 29.5 Å². The molecule has 0 saturated heterocycles. The average molecular weight is 448 g/mol. The van der Waals surface area contributed by atoms with E-state index in [0.29, 0.717) is 11.4 Å². The molecule has 2 aromatic carbocycles. The van der Waals surface area contributed by atoms with Crippen LogP contribution in [-0.4, -0.2) is 23.0 Å². The minimum atomic E-state index is -0.442. The fourth-order valence-corrected chi connectivity index (χ4v) is 6.33. The molecule has 0 saturated carbocycles. The summed E-state index contributed by atoms with van der Waals surface area (Å²) >= 11 is 3.25. The number of hydrogen-bond donors (Lipinski definition) is 1. The van der Waals surface area contributed by atoms with Gasteiger partial charge in [0.2, 0.25) is 5.91 Å². The van der Waals surface area contributed by atoms with Crippen LogP contribution in [0.4, 0.5) is 5.69 Å². The number of aromatic nitrogens is 2. The molecular formula is C24H21N3O2S2.